The molecule has 1 aliphatic rings. The van der Waals surface area contributed by atoms with Crippen LogP contribution in [-0.2, 0) is 4.79 Å². The molecule has 0 saturated carbocycles. The Labute approximate surface area is 108 Å². The Morgan fingerprint density at radius 3 is 3.00 bits per heavy atom. The van der Waals surface area contributed by atoms with Gasteiger partial charge in [0.05, 0.1) is 11.9 Å². The Morgan fingerprint density at radius 2 is 2.44 bits per heavy atom. The van der Waals surface area contributed by atoms with Gasteiger partial charge in [-0.2, -0.15) is 0 Å². The summed E-state index contributed by atoms with van der Waals surface area (Å²) in [4.78, 5) is 17.7. The van der Waals surface area contributed by atoms with Gasteiger partial charge in [0.1, 0.15) is 4.60 Å². The second kappa shape index (κ2) is 4.72. The molecule has 0 N–H and O–H groups in total. The van der Waals surface area contributed by atoms with Gasteiger partial charge in [-0.25, -0.2) is 4.98 Å². The molecule has 2 rings (SSSR count). The fraction of sp³-hybridized carbons (Fsp3) is 0.455. The normalized spacial score (nSPS) is 20.6. The molecule has 0 radical (unpaired) electrons. The number of hydrogen-bond acceptors (Lipinski definition) is 2. The molecule has 1 saturated heterocycles. The SMILES string of the molecule is Cc1cc(Br)ncc1N1CC(CCl)CC1=O. The maximum absolute atomic E-state index is 11.8. The van der Waals surface area contributed by atoms with Gasteiger partial charge in [-0.15, -0.1) is 11.6 Å². The fourth-order valence-electron chi connectivity index (χ4n) is 1.91. The van der Waals surface area contributed by atoms with Gasteiger partial charge in [0, 0.05) is 18.8 Å². The molecule has 1 amide bonds. The molecule has 1 atom stereocenters. The van der Waals surface area contributed by atoms with Crippen molar-refractivity contribution in [3.8, 4) is 0 Å². The van der Waals surface area contributed by atoms with Gasteiger partial charge in [0.15, 0.2) is 0 Å². The molecule has 16 heavy (non-hydrogen) atoms. The summed E-state index contributed by atoms with van der Waals surface area (Å²) in [6.07, 6.45) is 2.27. The Bertz CT molecular complexity index is 424. The first kappa shape index (κ1) is 11.9. The third kappa shape index (κ3) is 2.23. The van der Waals surface area contributed by atoms with Gasteiger partial charge in [-0.05, 0) is 40.4 Å². The van der Waals surface area contributed by atoms with E-state index in [1.165, 1.54) is 0 Å². The fourth-order valence-corrected chi connectivity index (χ4v) is 2.57. The highest BCUT2D eigenvalue weighted by molar-refractivity contribution is 9.10. The van der Waals surface area contributed by atoms with Crippen molar-refractivity contribution in [2.45, 2.75) is 13.3 Å². The standard InChI is InChI=1S/C11H12BrClN2O/c1-7-2-10(12)14-5-9(7)15-6-8(4-13)3-11(15)16/h2,5,8H,3-4,6H2,1H3. The van der Waals surface area contributed by atoms with Crippen LogP contribution >= 0.6 is 27.5 Å². The van der Waals surface area contributed by atoms with E-state index >= 15 is 0 Å². The molecule has 1 aromatic heterocycles. The molecule has 0 aromatic carbocycles. The molecule has 1 unspecified atom stereocenters. The second-order valence-corrected chi connectivity index (χ2v) is 5.14. The van der Waals surface area contributed by atoms with Crippen LogP contribution in [0.15, 0.2) is 16.9 Å². The highest BCUT2D eigenvalue weighted by atomic mass is 79.9. The monoisotopic (exact) mass is 302 g/mol. The summed E-state index contributed by atoms with van der Waals surface area (Å²) in [7, 11) is 0. The first-order valence-corrected chi connectivity index (χ1v) is 6.43. The molecule has 2 heterocycles. The van der Waals surface area contributed by atoms with Crippen molar-refractivity contribution in [1.82, 2.24) is 4.98 Å². The number of nitrogens with zero attached hydrogens (tertiary/aromatic N) is 2. The Hall–Kier alpha value is -0.610. The third-order valence-electron chi connectivity index (χ3n) is 2.76. The highest BCUT2D eigenvalue weighted by Crippen LogP contribution is 2.28. The maximum Gasteiger partial charge on any atom is 0.227 e. The van der Waals surface area contributed by atoms with Crippen molar-refractivity contribution in [1.29, 1.82) is 0 Å². The van der Waals surface area contributed by atoms with E-state index in [2.05, 4.69) is 20.9 Å². The molecular formula is C11H12BrClN2O. The lowest BCUT2D eigenvalue weighted by molar-refractivity contribution is -0.117. The Kier molecular flexibility index (Phi) is 3.50. The zero-order valence-corrected chi connectivity index (χ0v) is 11.3. The second-order valence-electron chi connectivity index (χ2n) is 4.02. The number of halogens is 2. The highest BCUT2D eigenvalue weighted by Gasteiger charge is 2.30. The largest absolute Gasteiger partial charge is 0.310 e. The predicted molar refractivity (Wildman–Crippen MR) is 67.9 cm³/mol. The van der Waals surface area contributed by atoms with Crippen LogP contribution in [0.3, 0.4) is 0 Å². The number of carbonyl (C=O) groups excluding carboxylic acids is 1. The summed E-state index contributed by atoms with van der Waals surface area (Å²) in [5.74, 6) is 0.931. The van der Waals surface area contributed by atoms with E-state index in [1.54, 1.807) is 11.1 Å². The van der Waals surface area contributed by atoms with Crippen LogP contribution in [-0.4, -0.2) is 23.3 Å². The minimum atomic E-state index is 0.137. The van der Waals surface area contributed by atoms with Crippen LogP contribution in [0.1, 0.15) is 12.0 Å². The molecule has 3 nitrogen and oxygen atoms in total. The average Bonchev–Trinajstić information content (AvgIpc) is 2.60. The van der Waals surface area contributed by atoms with Crippen LogP contribution in [0.2, 0.25) is 0 Å². The molecule has 0 bridgehead atoms. The summed E-state index contributed by atoms with van der Waals surface area (Å²) in [5, 5.41) is 0. The van der Waals surface area contributed by atoms with Crippen LogP contribution < -0.4 is 4.90 Å². The molecule has 86 valence electrons. The molecule has 5 heteroatoms. The number of carbonyl (C=O) groups is 1. The van der Waals surface area contributed by atoms with E-state index in [4.69, 9.17) is 11.6 Å². The molecule has 0 spiro atoms. The number of rotatable bonds is 2. The van der Waals surface area contributed by atoms with Crippen molar-refractivity contribution in [2.75, 3.05) is 17.3 Å². The van der Waals surface area contributed by atoms with Crippen molar-refractivity contribution < 1.29 is 4.79 Å². The molecule has 1 aromatic rings. The summed E-state index contributed by atoms with van der Waals surface area (Å²) in [5.41, 5.74) is 1.94. The van der Waals surface area contributed by atoms with Crippen LogP contribution in [0.5, 0.6) is 0 Å². The summed E-state index contributed by atoms with van der Waals surface area (Å²) >= 11 is 9.10. The summed E-state index contributed by atoms with van der Waals surface area (Å²) in [6.45, 7) is 2.68. The number of amides is 1. The molecule has 1 fully saturated rings. The van der Waals surface area contributed by atoms with Gasteiger partial charge in [-0.3, -0.25) is 4.79 Å². The topological polar surface area (TPSA) is 33.2 Å². The summed E-state index contributed by atoms with van der Waals surface area (Å²) in [6, 6.07) is 1.91. The van der Waals surface area contributed by atoms with Crippen molar-refractivity contribution in [3.05, 3.63) is 22.4 Å². The zero-order chi connectivity index (χ0) is 11.7. The van der Waals surface area contributed by atoms with Crippen molar-refractivity contribution in [3.63, 3.8) is 0 Å². The lowest BCUT2D eigenvalue weighted by Crippen LogP contribution is -2.25. The lowest BCUT2D eigenvalue weighted by Gasteiger charge is -2.18. The molecule has 1 aliphatic heterocycles. The van der Waals surface area contributed by atoms with Crippen LogP contribution in [0.25, 0.3) is 0 Å². The first-order chi connectivity index (χ1) is 7.61. The van der Waals surface area contributed by atoms with Crippen LogP contribution in [0.4, 0.5) is 5.69 Å². The molecular weight excluding hydrogens is 291 g/mol. The van der Waals surface area contributed by atoms with Crippen molar-refractivity contribution >= 4 is 39.1 Å². The van der Waals surface area contributed by atoms with Crippen LogP contribution in [0, 0.1) is 12.8 Å². The van der Waals surface area contributed by atoms with E-state index in [9.17, 15) is 4.79 Å². The van der Waals surface area contributed by atoms with Crippen molar-refractivity contribution in [2.24, 2.45) is 5.92 Å². The smallest absolute Gasteiger partial charge is 0.227 e. The average molecular weight is 304 g/mol. The van der Waals surface area contributed by atoms with Gasteiger partial charge >= 0.3 is 0 Å². The van der Waals surface area contributed by atoms with Gasteiger partial charge in [-0.1, -0.05) is 0 Å². The maximum atomic E-state index is 11.8. The lowest BCUT2D eigenvalue weighted by atomic mass is 10.1. The third-order valence-corrected chi connectivity index (χ3v) is 3.63. The van der Waals surface area contributed by atoms with Gasteiger partial charge in [0.2, 0.25) is 5.91 Å². The van der Waals surface area contributed by atoms with E-state index in [0.717, 1.165) is 15.9 Å². The van der Waals surface area contributed by atoms with Gasteiger partial charge in [0.25, 0.3) is 0 Å². The predicted octanol–water partition coefficient (Wildman–Crippen LogP) is 2.74. The number of alkyl halides is 1. The number of anilines is 1. The number of pyridine rings is 1. The minimum absolute atomic E-state index is 0.137. The van der Waals surface area contributed by atoms with E-state index in [-0.39, 0.29) is 11.8 Å². The first-order valence-electron chi connectivity index (χ1n) is 5.10. The number of aromatic nitrogens is 1. The molecule has 0 aliphatic carbocycles. The minimum Gasteiger partial charge on any atom is -0.310 e. The quantitative estimate of drug-likeness (QED) is 0.622. The van der Waals surface area contributed by atoms with Gasteiger partial charge < -0.3 is 4.90 Å². The van der Waals surface area contributed by atoms with E-state index in [0.29, 0.717) is 18.8 Å². The summed E-state index contributed by atoms with van der Waals surface area (Å²) < 4.78 is 0.786. The zero-order valence-electron chi connectivity index (χ0n) is 8.91. The number of aryl methyl sites for hydroxylation is 1. The van der Waals surface area contributed by atoms with E-state index in [1.807, 2.05) is 13.0 Å². The van der Waals surface area contributed by atoms with E-state index < -0.39 is 0 Å². The Balaban J connectivity index is 2.28. The Morgan fingerprint density at radius 1 is 1.69 bits per heavy atom. The number of hydrogen-bond donors (Lipinski definition) is 0.